The van der Waals surface area contributed by atoms with Gasteiger partial charge in [-0.2, -0.15) is 0 Å². The second-order valence-corrected chi connectivity index (χ2v) is 12.0. The summed E-state index contributed by atoms with van der Waals surface area (Å²) in [5, 5.41) is 1.10. The average molecular weight is 525 g/mol. The van der Waals surface area contributed by atoms with E-state index in [0.29, 0.717) is 6.61 Å². The van der Waals surface area contributed by atoms with Crippen molar-refractivity contribution in [1.82, 2.24) is 4.90 Å². The van der Waals surface area contributed by atoms with E-state index in [2.05, 4.69) is 21.8 Å². The van der Waals surface area contributed by atoms with Gasteiger partial charge in [0.05, 0.1) is 0 Å². The van der Waals surface area contributed by atoms with Gasteiger partial charge in [-0.15, -0.1) is 0 Å². The van der Waals surface area contributed by atoms with Crippen molar-refractivity contribution in [2.45, 2.75) is 55.4 Å². The quantitative estimate of drug-likeness (QED) is 0.341. The number of benzene rings is 2. The zero-order valence-electron chi connectivity index (χ0n) is 19.2. The van der Waals surface area contributed by atoms with Crippen LogP contribution >= 0.6 is 0 Å². The monoisotopic (exact) mass is 525 g/mol. The van der Waals surface area contributed by atoms with Crippen LogP contribution in [0.25, 0.3) is 11.1 Å². The maximum absolute atomic E-state index is 12.3. The third-order valence-corrected chi connectivity index (χ3v) is 9.74. The third kappa shape index (κ3) is 7.25. The number of ether oxygens (including phenoxy) is 2. The summed E-state index contributed by atoms with van der Waals surface area (Å²) in [4.78, 5) is 14.5. The van der Waals surface area contributed by atoms with Crippen molar-refractivity contribution >= 4 is 21.7 Å². The number of carbonyl (C=O) groups excluding carboxylic acids is 1. The zero-order valence-corrected chi connectivity index (χ0v) is 21.3. The fourth-order valence-corrected chi connectivity index (χ4v) is 7.00. The minimum absolute atomic E-state index is 0.151. The van der Waals surface area contributed by atoms with Crippen LogP contribution in [0.2, 0.25) is 4.71 Å². The summed E-state index contributed by atoms with van der Waals surface area (Å²) < 4.78 is 46.8. The molecule has 1 aliphatic heterocycles. The molecule has 1 fully saturated rings. The fraction of sp³-hybridized carbons (Fsp3) is 0.480. The molecule has 1 saturated heterocycles. The Morgan fingerprint density at radius 1 is 1.00 bits per heavy atom. The molecule has 1 unspecified atom stereocenters. The van der Waals surface area contributed by atoms with Crippen molar-refractivity contribution in [1.29, 1.82) is 0 Å². The van der Waals surface area contributed by atoms with Crippen molar-refractivity contribution in [3.63, 3.8) is 0 Å². The van der Waals surface area contributed by atoms with Gasteiger partial charge < -0.3 is 0 Å². The van der Waals surface area contributed by atoms with Gasteiger partial charge in [-0.05, 0) is 0 Å². The number of alkyl halides is 3. The predicted molar refractivity (Wildman–Crippen MR) is 125 cm³/mol. The molecule has 1 aliphatic rings. The second-order valence-electron chi connectivity index (χ2n) is 8.69. The molecule has 0 spiro atoms. The molecule has 0 radical (unpaired) electrons. The number of hydrogen-bond acceptors (Lipinski definition) is 4. The van der Waals surface area contributed by atoms with Crippen LogP contribution in [0.5, 0.6) is 5.75 Å². The molecule has 0 saturated carbocycles. The Morgan fingerprint density at radius 2 is 1.55 bits per heavy atom. The molecule has 0 amide bonds. The molecule has 0 aliphatic carbocycles. The molecule has 0 N–H and O–H groups in total. The summed E-state index contributed by atoms with van der Waals surface area (Å²) in [6.07, 6.45) is -2.44. The van der Waals surface area contributed by atoms with E-state index >= 15 is 0 Å². The average Bonchev–Trinajstić information content (AvgIpc) is 2.78. The van der Waals surface area contributed by atoms with Gasteiger partial charge in [0, 0.05) is 0 Å². The summed E-state index contributed by atoms with van der Waals surface area (Å²) >= 11 is -0.153. The molecule has 0 aromatic heterocycles. The first-order chi connectivity index (χ1) is 15.6. The van der Waals surface area contributed by atoms with Gasteiger partial charge >= 0.3 is 200 Å². The molecule has 180 valence electrons. The summed E-state index contributed by atoms with van der Waals surface area (Å²) in [6.45, 7) is 7.97. The fourth-order valence-electron chi connectivity index (χ4n) is 4.01. The van der Waals surface area contributed by atoms with Crippen LogP contribution in [0.3, 0.4) is 0 Å². The van der Waals surface area contributed by atoms with Gasteiger partial charge in [-0.1, -0.05) is 0 Å². The first-order valence-electron chi connectivity index (χ1n) is 11.2. The van der Waals surface area contributed by atoms with Gasteiger partial charge in [0.1, 0.15) is 0 Å². The Labute approximate surface area is 200 Å². The molecule has 8 heteroatoms. The molecule has 2 aromatic rings. The SMILES string of the molecule is CCOC(=O)C(C)(C)N1CCC([AsH]Cc2ccc(-c3ccc(OC(F)(F)F)cc3)cc2)CC1. The van der Waals surface area contributed by atoms with E-state index in [9.17, 15) is 18.0 Å². The number of carbonyl (C=O) groups is 1. The van der Waals surface area contributed by atoms with E-state index in [4.69, 9.17) is 4.74 Å². The van der Waals surface area contributed by atoms with Crippen LogP contribution in [0.1, 0.15) is 39.2 Å². The number of hydrogen-bond donors (Lipinski definition) is 0. The molecule has 1 atom stereocenters. The number of esters is 1. The van der Waals surface area contributed by atoms with Crippen LogP contribution < -0.4 is 4.74 Å². The normalized spacial score (nSPS) is 16.3. The molecule has 1 heterocycles. The van der Waals surface area contributed by atoms with Crippen molar-refractivity contribution in [2.24, 2.45) is 0 Å². The van der Waals surface area contributed by atoms with E-state index < -0.39 is 11.9 Å². The molecular weight excluding hydrogens is 494 g/mol. The Hall–Kier alpha value is -1.98. The Balaban J connectivity index is 1.48. The Kier molecular flexibility index (Phi) is 8.52. The van der Waals surface area contributed by atoms with Gasteiger partial charge in [-0.25, -0.2) is 0 Å². The third-order valence-electron chi connectivity index (χ3n) is 6.03. The van der Waals surface area contributed by atoms with Gasteiger partial charge in [0.2, 0.25) is 0 Å². The molecule has 3 rings (SSSR count). The summed E-state index contributed by atoms with van der Waals surface area (Å²) in [5.74, 6) is -0.368. The van der Waals surface area contributed by atoms with Crippen molar-refractivity contribution in [3.05, 3.63) is 54.1 Å². The molecule has 0 bridgehead atoms. The number of piperidine rings is 1. The van der Waals surface area contributed by atoms with Crippen LogP contribution in [-0.4, -0.2) is 58.2 Å². The summed E-state index contributed by atoms with van der Waals surface area (Å²) in [6, 6.07) is 14.2. The van der Waals surface area contributed by atoms with Crippen molar-refractivity contribution < 1.29 is 27.4 Å². The number of likely N-dealkylation sites (tertiary alicyclic amines) is 1. The number of rotatable bonds is 8. The topological polar surface area (TPSA) is 38.8 Å². The van der Waals surface area contributed by atoms with Crippen LogP contribution in [-0.2, 0) is 14.7 Å². The maximum atomic E-state index is 12.3. The van der Waals surface area contributed by atoms with Gasteiger partial charge in [-0.3, -0.25) is 0 Å². The van der Waals surface area contributed by atoms with E-state index in [1.54, 1.807) is 12.1 Å². The summed E-state index contributed by atoms with van der Waals surface area (Å²) in [5.41, 5.74) is 2.54. The number of halogens is 3. The van der Waals surface area contributed by atoms with Crippen molar-refractivity contribution in [2.75, 3.05) is 19.7 Å². The molecule has 33 heavy (non-hydrogen) atoms. The summed E-state index contributed by atoms with van der Waals surface area (Å²) in [7, 11) is 0. The first-order valence-corrected chi connectivity index (χ1v) is 13.9. The van der Waals surface area contributed by atoms with Gasteiger partial charge in [0.25, 0.3) is 0 Å². The molecular formula is C25H31AsF3NO3. The predicted octanol–water partition coefficient (Wildman–Crippen LogP) is 5.41. The minimum atomic E-state index is -4.68. The Morgan fingerprint density at radius 3 is 2.06 bits per heavy atom. The van der Waals surface area contributed by atoms with E-state index in [-0.39, 0.29) is 27.5 Å². The zero-order chi connectivity index (χ0) is 24.1. The Bertz CT molecular complexity index is 906. The van der Waals surface area contributed by atoms with Gasteiger partial charge in [0.15, 0.2) is 0 Å². The first kappa shape index (κ1) is 25.6. The van der Waals surface area contributed by atoms with E-state index in [0.717, 1.165) is 47.0 Å². The van der Waals surface area contributed by atoms with Crippen LogP contribution in [0.4, 0.5) is 13.2 Å². The standard InChI is InChI=1S/C25H31AsF3NO3/c1-4-32-23(31)24(2,3)30-15-13-21(14-16-30)26-17-18-5-7-19(8-6-18)20-9-11-22(12-10-20)33-25(27,28)29/h5-12,21,26H,4,13-17H2,1-3H3. The van der Waals surface area contributed by atoms with Crippen molar-refractivity contribution in [3.8, 4) is 16.9 Å². The van der Waals surface area contributed by atoms with Crippen LogP contribution in [0, 0.1) is 0 Å². The number of nitrogens with zero attached hydrogens (tertiary/aromatic N) is 1. The van der Waals surface area contributed by atoms with E-state index in [1.165, 1.54) is 17.7 Å². The van der Waals surface area contributed by atoms with Crippen LogP contribution in [0.15, 0.2) is 48.5 Å². The molecule has 4 nitrogen and oxygen atoms in total. The van der Waals surface area contributed by atoms with E-state index in [1.807, 2.05) is 32.9 Å². The molecule has 2 aromatic carbocycles. The second kappa shape index (κ2) is 11.0.